The SMILES string of the molecule is COCCC1(CNC(=O)C2(n3cccn3)CCNCC2)CCCC1. The summed E-state index contributed by atoms with van der Waals surface area (Å²) < 4.78 is 7.16. The summed E-state index contributed by atoms with van der Waals surface area (Å²) in [5, 5.41) is 11.0. The molecular weight excluding hydrogens is 304 g/mol. The number of nitrogens with one attached hydrogen (secondary N) is 2. The molecule has 1 aliphatic carbocycles. The first-order valence-electron chi connectivity index (χ1n) is 9.19. The second-order valence-electron chi connectivity index (χ2n) is 7.36. The molecule has 0 aromatic carbocycles. The molecule has 2 aliphatic rings. The van der Waals surface area contributed by atoms with Gasteiger partial charge >= 0.3 is 0 Å². The van der Waals surface area contributed by atoms with E-state index in [1.54, 1.807) is 13.3 Å². The van der Waals surface area contributed by atoms with E-state index >= 15 is 0 Å². The van der Waals surface area contributed by atoms with Gasteiger partial charge in [-0.2, -0.15) is 5.10 Å². The Hall–Kier alpha value is -1.40. The molecule has 24 heavy (non-hydrogen) atoms. The fraction of sp³-hybridized carbons (Fsp3) is 0.778. The Balaban J connectivity index is 1.69. The van der Waals surface area contributed by atoms with Crippen molar-refractivity contribution in [3.8, 4) is 0 Å². The summed E-state index contributed by atoms with van der Waals surface area (Å²) in [5.74, 6) is 0.122. The van der Waals surface area contributed by atoms with Gasteiger partial charge in [0.15, 0.2) is 0 Å². The van der Waals surface area contributed by atoms with E-state index in [1.165, 1.54) is 25.7 Å². The molecule has 1 saturated heterocycles. The van der Waals surface area contributed by atoms with E-state index in [1.807, 2.05) is 16.9 Å². The van der Waals surface area contributed by atoms with E-state index < -0.39 is 5.54 Å². The molecule has 2 N–H and O–H groups in total. The molecule has 0 unspecified atom stereocenters. The molecule has 1 aromatic heterocycles. The van der Waals surface area contributed by atoms with E-state index in [0.29, 0.717) is 0 Å². The molecule has 2 fully saturated rings. The number of methoxy groups -OCH3 is 1. The predicted octanol–water partition coefficient (Wildman–Crippen LogP) is 1.67. The normalized spacial score (nSPS) is 22.4. The maximum absolute atomic E-state index is 13.2. The lowest BCUT2D eigenvalue weighted by atomic mass is 9.82. The van der Waals surface area contributed by atoms with Gasteiger partial charge in [0.2, 0.25) is 5.91 Å². The molecule has 1 amide bonds. The zero-order chi connectivity index (χ0) is 16.9. The van der Waals surface area contributed by atoms with Crippen molar-refractivity contribution in [3.05, 3.63) is 18.5 Å². The minimum Gasteiger partial charge on any atom is -0.385 e. The van der Waals surface area contributed by atoms with Crippen molar-refractivity contribution < 1.29 is 9.53 Å². The molecule has 1 aliphatic heterocycles. The lowest BCUT2D eigenvalue weighted by Crippen LogP contribution is -2.55. The molecule has 2 heterocycles. The molecule has 134 valence electrons. The van der Waals surface area contributed by atoms with Crippen molar-refractivity contribution in [3.63, 3.8) is 0 Å². The van der Waals surface area contributed by atoms with Gasteiger partial charge in [-0.15, -0.1) is 0 Å². The van der Waals surface area contributed by atoms with Crippen LogP contribution in [0.15, 0.2) is 18.5 Å². The first-order valence-corrected chi connectivity index (χ1v) is 9.19. The van der Waals surface area contributed by atoms with Crippen LogP contribution >= 0.6 is 0 Å². The predicted molar refractivity (Wildman–Crippen MR) is 92.7 cm³/mol. The standard InChI is InChI=1S/C18H30N4O2/c1-24-14-9-17(5-2-3-6-17)15-20-16(23)18(7-11-19-12-8-18)22-13-4-10-21-22/h4,10,13,19H,2-3,5-9,11-12,14-15H2,1H3,(H,20,23). The van der Waals surface area contributed by atoms with Crippen LogP contribution in [0.1, 0.15) is 44.9 Å². The molecule has 0 atom stereocenters. The number of rotatable bonds is 7. The summed E-state index contributed by atoms with van der Waals surface area (Å²) in [6.07, 6.45) is 11.2. The van der Waals surface area contributed by atoms with Crippen LogP contribution in [0.3, 0.4) is 0 Å². The van der Waals surface area contributed by atoms with Gasteiger partial charge in [0.05, 0.1) is 0 Å². The first-order chi connectivity index (χ1) is 11.7. The van der Waals surface area contributed by atoms with Gasteiger partial charge in [-0.1, -0.05) is 12.8 Å². The van der Waals surface area contributed by atoms with Gasteiger partial charge in [0.1, 0.15) is 5.54 Å². The molecule has 3 rings (SSSR count). The van der Waals surface area contributed by atoms with Gasteiger partial charge in [-0.25, -0.2) is 0 Å². The zero-order valence-corrected chi connectivity index (χ0v) is 14.7. The summed E-state index contributed by atoms with van der Waals surface area (Å²) >= 11 is 0. The highest BCUT2D eigenvalue weighted by Crippen LogP contribution is 2.41. The summed E-state index contributed by atoms with van der Waals surface area (Å²) in [6.45, 7) is 3.22. The zero-order valence-electron chi connectivity index (χ0n) is 14.7. The summed E-state index contributed by atoms with van der Waals surface area (Å²) in [6, 6.07) is 1.90. The van der Waals surface area contributed by atoms with E-state index in [4.69, 9.17) is 4.74 Å². The van der Waals surface area contributed by atoms with Crippen molar-refractivity contribution in [2.24, 2.45) is 5.41 Å². The molecule has 0 spiro atoms. The van der Waals surface area contributed by atoms with Crippen molar-refractivity contribution in [1.82, 2.24) is 20.4 Å². The Morgan fingerprint density at radius 1 is 1.29 bits per heavy atom. The van der Waals surface area contributed by atoms with E-state index in [0.717, 1.165) is 45.5 Å². The van der Waals surface area contributed by atoms with Crippen LogP contribution in [0, 0.1) is 5.41 Å². The number of aromatic nitrogens is 2. The number of hydrogen-bond donors (Lipinski definition) is 2. The molecule has 1 saturated carbocycles. The third-order valence-electron chi connectivity index (χ3n) is 5.92. The fourth-order valence-corrected chi connectivity index (χ4v) is 4.31. The summed E-state index contributed by atoms with van der Waals surface area (Å²) in [5.41, 5.74) is -0.334. The van der Waals surface area contributed by atoms with E-state index in [2.05, 4.69) is 15.7 Å². The minimum absolute atomic E-state index is 0.122. The number of piperidine rings is 1. The van der Waals surface area contributed by atoms with Crippen LogP contribution in [0.5, 0.6) is 0 Å². The quantitative estimate of drug-likeness (QED) is 0.796. The third kappa shape index (κ3) is 3.49. The van der Waals surface area contributed by atoms with Gasteiger partial charge in [0.25, 0.3) is 0 Å². The molecule has 0 bridgehead atoms. The topological polar surface area (TPSA) is 68.2 Å². The molecule has 6 heteroatoms. The Morgan fingerprint density at radius 2 is 2.04 bits per heavy atom. The van der Waals surface area contributed by atoms with Gasteiger partial charge in [0, 0.05) is 32.7 Å². The van der Waals surface area contributed by atoms with Gasteiger partial charge < -0.3 is 15.4 Å². The summed E-state index contributed by atoms with van der Waals surface area (Å²) in [4.78, 5) is 13.2. The first kappa shape index (κ1) is 17.4. The molecule has 0 radical (unpaired) electrons. The van der Waals surface area contributed by atoms with Gasteiger partial charge in [-0.05, 0) is 56.7 Å². The second kappa shape index (κ2) is 7.66. The Bertz CT molecular complexity index is 517. The monoisotopic (exact) mass is 334 g/mol. The highest BCUT2D eigenvalue weighted by Gasteiger charge is 2.43. The average molecular weight is 334 g/mol. The van der Waals surface area contributed by atoms with E-state index in [-0.39, 0.29) is 11.3 Å². The van der Waals surface area contributed by atoms with Crippen LogP contribution < -0.4 is 10.6 Å². The average Bonchev–Trinajstić information content (AvgIpc) is 3.31. The molecule has 1 aromatic rings. The van der Waals surface area contributed by atoms with Crippen LogP contribution in [-0.2, 0) is 15.1 Å². The Morgan fingerprint density at radius 3 is 2.67 bits per heavy atom. The second-order valence-corrected chi connectivity index (χ2v) is 7.36. The minimum atomic E-state index is -0.546. The smallest absolute Gasteiger partial charge is 0.248 e. The number of amides is 1. The van der Waals surface area contributed by atoms with Crippen LogP contribution in [0.2, 0.25) is 0 Å². The third-order valence-corrected chi connectivity index (χ3v) is 5.92. The number of ether oxygens (including phenoxy) is 1. The van der Waals surface area contributed by atoms with Crippen molar-refractivity contribution in [2.45, 2.75) is 50.5 Å². The molecule has 6 nitrogen and oxygen atoms in total. The number of carbonyl (C=O) groups is 1. The fourth-order valence-electron chi connectivity index (χ4n) is 4.31. The Kier molecular flexibility index (Phi) is 5.56. The van der Waals surface area contributed by atoms with E-state index in [9.17, 15) is 4.79 Å². The van der Waals surface area contributed by atoms with Crippen molar-refractivity contribution in [1.29, 1.82) is 0 Å². The number of hydrogen-bond acceptors (Lipinski definition) is 4. The van der Waals surface area contributed by atoms with Crippen LogP contribution in [0.25, 0.3) is 0 Å². The largest absolute Gasteiger partial charge is 0.385 e. The molecular formula is C18H30N4O2. The number of nitrogens with zero attached hydrogens (tertiary/aromatic N) is 2. The lowest BCUT2D eigenvalue weighted by molar-refractivity contribution is -0.132. The maximum Gasteiger partial charge on any atom is 0.248 e. The summed E-state index contributed by atoms with van der Waals surface area (Å²) in [7, 11) is 1.75. The lowest BCUT2D eigenvalue weighted by Gasteiger charge is -2.38. The van der Waals surface area contributed by atoms with Crippen molar-refractivity contribution >= 4 is 5.91 Å². The number of carbonyl (C=O) groups excluding carboxylic acids is 1. The highest BCUT2D eigenvalue weighted by molar-refractivity contribution is 5.84. The highest BCUT2D eigenvalue weighted by atomic mass is 16.5. The maximum atomic E-state index is 13.2. The van der Waals surface area contributed by atoms with Crippen molar-refractivity contribution in [2.75, 3.05) is 33.4 Å². The Labute approximate surface area is 144 Å². The van der Waals surface area contributed by atoms with Gasteiger partial charge in [-0.3, -0.25) is 9.48 Å². The van der Waals surface area contributed by atoms with Crippen LogP contribution in [-0.4, -0.2) is 49.0 Å². The van der Waals surface area contributed by atoms with Crippen LogP contribution in [0.4, 0.5) is 0 Å².